The van der Waals surface area contributed by atoms with Gasteiger partial charge in [-0.1, -0.05) is 41.4 Å². The summed E-state index contributed by atoms with van der Waals surface area (Å²) < 4.78 is 13.2. The molecule has 1 heterocycles. The van der Waals surface area contributed by atoms with Crippen LogP contribution in [0, 0.1) is 5.82 Å². The van der Waals surface area contributed by atoms with Gasteiger partial charge < -0.3 is 10.6 Å². The van der Waals surface area contributed by atoms with E-state index in [4.69, 9.17) is 23.2 Å². The molecule has 0 saturated heterocycles. The quantitative estimate of drug-likeness (QED) is 0.657. The minimum absolute atomic E-state index is 0.0763. The number of anilines is 2. The lowest BCUT2D eigenvalue weighted by molar-refractivity contribution is 0.102. The highest BCUT2D eigenvalue weighted by Gasteiger charge is 2.11. The molecular weight excluding hydrogens is 378 g/mol. The molecule has 1 aromatic heterocycles. The fraction of sp³-hybridized carbons (Fsp3) is 0.0556. The van der Waals surface area contributed by atoms with E-state index in [1.807, 2.05) is 18.2 Å². The van der Waals surface area contributed by atoms with Crippen LogP contribution in [0.1, 0.15) is 16.1 Å². The summed E-state index contributed by atoms with van der Waals surface area (Å²) in [6, 6.07) is 12.8. The minimum Gasteiger partial charge on any atom is -0.350 e. The topological polar surface area (TPSA) is 66.9 Å². The van der Waals surface area contributed by atoms with Gasteiger partial charge in [0, 0.05) is 23.5 Å². The lowest BCUT2D eigenvalue weighted by atomic mass is 10.2. The highest BCUT2D eigenvalue weighted by Crippen LogP contribution is 2.20. The van der Waals surface area contributed by atoms with E-state index in [2.05, 4.69) is 20.6 Å². The minimum atomic E-state index is -0.558. The number of hydrogen-bond donors (Lipinski definition) is 2. The first-order valence-corrected chi connectivity index (χ1v) is 8.35. The van der Waals surface area contributed by atoms with E-state index in [0.717, 1.165) is 5.56 Å². The van der Waals surface area contributed by atoms with Gasteiger partial charge >= 0.3 is 0 Å². The second kappa shape index (κ2) is 8.12. The Hall–Kier alpha value is -2.70. The zero-order chi connectivity index (χ0) is 18.5. The zero-order valence-electron chi connectivity index (χ0n) is 13.3. The third-order valence-electron chi connectivity index (χ3n) is 3.46. The van der Waals surface area contributed by atoms with Crippen LogP contribution in [0.25, 0.3) is 0 Å². The number of carbonyl (C=O) groups is 1. The summed E-state index contributed by atoms with van der Waals surface area (Å²) in [7, 11) is 0. The molecule has 5 nitrogen and oxygen atoms in total. The Morgan fingerprint density at radius 1 is 1.08 bits per heavy atom. The fourth-order valence-electron chi connectivity index (χ4n) is 2.16. The van der Waals surface area contributed by atoms with Crippen molar-refractivity contribution in [2.45, 2.75) is 6.54 Å². The Labute approximate surface area is 159 Å². The molecule has 8 heteroatoms. The Morgan fingerprint density at radius 3 is 2.65 bits per heavy atom. The SMILES string of the molecule is O=C(Nc1ccc(F)c(Cl)c1)c1ccnc(NCc2ccccc2Cl)n1. The predicted octanol–water partition coefficient (Wildman–Crippen LogP) is 4.79. The lowest BCUT2D eigenvalue weighted by Crippen LogP contribution is -2.15. The maximum absolute atomic E-state index is 13.2. The molecule has 0 aliphatic carbocycles. The molecular formula is C18H13Cl2FN4O. The Morgan fingerprint density at radius 2 is 1.88 bits per heavy atom. The van der Waals surface area contributed by atoms with E-state index < -0.39 is 11.7 Å². The Bertz CT molecular complexity index is 952. The number of amides is 1. The molecule has 2 N–H and O–H groups in total. The number of halogens is 3. The van der Waals surface area contributed by atoms with Gasteiger partial charge in [0.15, 0.2) is 0 Å². The predicted molar refractivity (Wildman–Crippen MR) is 100 cm³/mol. The monoisotopic (exact) mass is 390 g/mol. The van der Waals surface area contributed by atoms with Crippen LogP contribution in [0.3, 0.4) is 0 Å². The van der Waals surface area contributed by atoms with E-state index >= 15 is 0 Å². The van der Waals surface area contributed by atoms with Gasteiger partial charge in [0.05, 0.1) is 5.02 Å². The molecule has 3 rings (SSSR count). The number of benzene rings is 2. The number of nitrogens with one attached hydrogen (secondary N) is 2. The van der Waals surface area contributed by atoms with E-state index in [-0.39, 0.29) is 16.7 Å². The van der Waals surface area contributed by atoms with Gasteiger partial charge in [0.25, 0.3) is 5.91 Å². The highest BCUT2D eigenvalue weighted by atomic mass is 35.5. The summed E-state index contributed by atoms with van der Waals surface area (Å²) in [5.74, 6) is -0.733. The average molecular weight is 391 g/mol. The maximum atomic E-state index is 13.2. The van der Waals surface area contributed by atoms with Crippen LogP contribution in [0.15, 0.2) is 54.7 Å². The van der Waals surface area contributed by atoms with E-state index in [1.165, 1.54) is 30.5 Å². The first-order chi connectivity index (χ1) is 12.5. The summed E-state index contributed by atoms with van der Waals surface area (Å²) >= 11 is 11.8. The van der Waals surface area contributed by atoms with Crippen LogP contribution in [0.2, 0.25) is 10.0 Å². The molecule has 0 bridgehead atoms. The molecule has 0 aliphatic heterocycles. The number of rotatable bonds is 5. The summed E-state index contributed by atoms with van der Waals surface area (Å²) in [5, 5.41) is 6.18. The third kappa shape index (κ3) is 4.47. The van der Waals surface area contributed by atoms with Crippen LogP contribution < -0.4 is 10.6 Å². The lowest BCUT2D eigenvalue weighted by Gasteiger charge is -2.08. The molecule has 0 aliphatic rings. The van der Waals surface area contributed by atoms with E-state index in [9.17, 15) is 9.18 Å². The van der Waals surface area contributed by atoms with Crippen molar-refractivity contribution < 1.29 is 9.18 Å². The Balaban J connectivity index is 1.69. The first-order valence-electron chi connectivity index (χ1n) is 7.59. The van der Waals surface area contributed by atoms with Gasteiger partial charge in [-0.3, -0.25) is 4.79 Å². The molecule has 0 saturated carbocycles. The Kier molecular flexibility index (Phi) is 5.65. The second-order valence-electron chi connectivity index (χ2n) is 5.29. The fourth-order valence-corrected chi connectivity index (χ4v) is 2.54. The van der Waals surface area contributed by atoms with Gasteiger partial charge in [0.2, 0.25) is 5.95 Å². The van der Waals surface area contributed by atoms with Crippen LogP contribution in [0.5, 0.6) is 0 Å². The molecule has 132 valence electrons. The third-order valence-corrected chi connectivity index (χ3v) is 4.12. The van der Waals surface area contributed by atoms with E-state index in [0.29, 0.717) is 17.3 Å². The highest BCUT2D eigenvalue weighted by molar-refractivity contribution is 6.31. The van der Waals surface area contributed by atoms with Crippen LogP contribution in [-0.4, -0.2) is 15.9 Å². The standard InChI is InChI=1S/C18H13Cl2FN4O/c19-13-4-2-1-3-11(13)10-23-18-22-8-7-16(25-18)17(26)24-12-5-6-15(21)14(20)9-12/h1-9H,10H2,(H,24,26)(H,22,23,25). The van der Waals surface area contributed by atoms with Crippen molar-refractivity contribution >= 4 is 40.7 Å². The van der Waals surface area contributed by atoms with Crippen molar-refractivity contribution in [2.75, 3.05) is 10.6 Å². The van der Waals surface area contributed by atoms with Crippen molar-refractivity contribution in [3.05, 3.63) is 81.8 Å². The average Bonchev–Trinajstić information content (AvgIpc) is 2.64. The van der Waals surface area contributed by atoms with Crippen molar-refractivity contribution in [3.63, 3.8) is 0 Å². The van der Waals surface area contributed by atoms with Gasteiger partial charge in [-0.05, 0) is 35.9 Å². The summed E-state index contributed by atoms with van der Waals surface area (Å²) in [6.07, 6.45) is 1.47. The summed E-state index contributed by atoms with van der Waals surface area (Å²) in [5.41, 5.74) is 1.40. The molecule has 2 aromatic carbocycles. The summed E-state index contributed by atoms with van der Waals surface area (Å²) in [6.45, 7) is 0.415. The molecule has 0 radical (unpaired) electrons. The number of nitrogens with zero attached hydrogens (tertiary/aromatic N) is 2. The molecule has 1 amide bonds. The molecule has 0 unspecified atom stereocenters. The normalized spacial score (nSPS) is 10.4. The van der Waals surface area contributed by atoms with E-state index in [1.54, 1.807) is 6.07 Å². The van der Waals surface area contributed by atoms with Crippen LogP contribution >= 0.6 is 23.2 Å². The van der Waals surface area contributed by atoms with Crippen LogP contribution in [-0.2, 0) is 6.54 Å². The number of carbonyl (C=O) groups excluding carboxylic acids is 1. The number of hydrogen-bond acceptors (Lipinski definition) is 4. The molecule has 0 atom stereocenters. The van der Waals surface area contributed by atoms with Crippen molar-refractivity contribution in [1.29, 1.82) is 0 Å². The molecule has 26 heavy (non-hydrogen) atoms. The molecule has 0 spiro atoms. The van der Waals surface area contributed by atoms with Gasteiger partial charge in [-0.2, -0.15) is 0 Å². The van der Waals surface area contributed by atoms with Crippen LogP contribution in [0.4, 0.5) is 16.0 Å². The van der Waals surface area contributed by atoms with Crippen molar-refractivity contribution in [1.82, 2.24) is 9.97 Å². The van der Waals surface area contributed by atoms with Gasteiger partial charge in [0.1, 0.15) is 11.5 Å². The first kappa shape index (κ1) is 18.1. The molecule has 0 fully saturated rings. The maximum Gasteiger partial charge on any atom is 0.274 e. The van der Waals surface area contributed by atoms with Gasteiger partial charge in [-0.25, -0.2) is 14.4 Å². The summed E-state index contributed by atoms with van der Waals surface area (Å²) in [4.78, 5) is 20.6. The smallest absolute Gasteiger partial charge is 0.274 e. The molecule has 3 aromatic rings. The number of aromatic nitrogens is 2. The second-order valence-corrected chi connectivity index (χ2v) is 6.11. The van der Waals surface area contributed by atoms with Gasteiger partial charge in [-0.15, -0.1) is 0 Å². The largest absolute Gasteiger partial charge is 0.350 e. The van der Waals surface area contributed by atoms with Crippen molar-refractivity contribution in [3.8, 4) is 0 Å². The van der Waals surface area contributed by atoms with Crippen molar-refractivity contribution in [2.24, 2.45) is 0 Å². The zero-order valence-corrected chi connectivity index (χ0v) is 14.9.